The summed E-state index contributed by atoms with van der Waals surface area (Å²) in [6.07, 6.45) is -4.28. The standard InChI is InChI=1S/C17H19F3N4O2/c1-11-21-16(24(22-11)10-17(18,19)20)13-7-15(25)23(9-13)8-12-5-3-4-6-14(12)26-2/h3-6,13H,7-10H2,1-2H3/t13-/m1/s1. The molecule has 1 aromatic heterocycles. The highest BCUT2D eigenvalue weighted by atomic mass is 19.4. The van der Waals surface area contributed by atoms with Crippen molar-refractivity contribution in [2.75, 3.05) is 13.7 Å². The molecule has 1 fully saturated rings. The van der Waals surface area contributed by atoms with Crippen molar-refractivity contribution in [3.8, 4) is 5.75 Å². The lowest BCUT2D eigenvalue weighted by Gasteiger charge is -2.18. The van der Waals surface area contributed by atoms with E-state index in [1.54, 1.807) is 25.0 Å². The molecule has 2 heterocycles. The minimum Gasteiger partial charge on any atom is -0.496 e. The zero-order chi connectivity index (χ0) is 18.9. The summed E-state index contributed by atoms with van der Waals surface area (Å²) in [5.74, 6) is 0.594. The summed E-state index contributed by atoms with van der Waals surface area (Å²) in [5.41, 5.74) is 0.844. The Morgan fingerprint density at radius 2 is 2.04 bits per heavy atom. The van der Waals surface area contributed by atoms with Gasteiger partial charge in [0.2, 0.25) is 5.91 Å². The summed E-state index contributed by atoms with van der Waals surface area (Å²) in [6, 6.07) is 7.34. The molecule has 1 saturated heterocycles. The van der Waals surface area contributed by atoms with Gasteiger partial charge in [-0.3, -0.25) is 4.79 Å². The molecule has 1 aromatic carbocycles. The minimum atomic E-state index is -4.39. The van der Waals surface area contributed by atoms with Gasteiger partial charge in [0.1, 0.15) is 23.9 Å². The van der Waals surface area contributed by atoms with Crippen molar-refractivity contribution in [2.24, 2.45) is 0 Å². The maximum Gasteiger partial charge on any atom is 0.408 e. The zero-order valence-electron chi connectivity index (χ0n) is 14.5. The lowest BCUT2D eigenvalue weighted by Crippen LogP contribution is -2.25. The number of carbonyl (C=O) groups excluding carboxylic acids is 1. The van der Waals surface area contributed by atoms with E-state index in [-0.39, 0.29) is 24.0 Å². The number of methoxy groups -OCH3 is 1. The molecule has 1 atom stereocenters. The molecular weight excluding hydrogens is 349 g/mol. The third-order valence-corrected chi connectivity index (χ3v) is 4.27. The van der Waals surface area contributed by atoms with Crippen molar-refractivity contribution in [1.82, 2.24) is 19.7 Å². The quantitative estimate of drug-likeness (QED) is 0.814. The second-order valence-corrected chi connectivity index (χ2v) is 6.28. The number of aryl methyl sites for hydroxylation is 1. The summed E-state index contributed by atoms with van der Waals surface area (Å²) in [4.78, 5) is 18.1. The topological polar surface area (TPSA) is 60.2 Å². The van der Waals surface area contributed by atoms with E-state index < -0.39 is 18.6 Å². The third kappa shape index (κ3) is 3.97. The maximum absolute atomic E-state index is 12.8. The summed E-state index contributed by atoms with van der Waals surface area (Å²) in [7, 11) is 1.55. The van der Waals surface area contributed by atoms with E-state index in [0.29, 0.717) is 18.8 Å². The third-order valence-electron chi connectivity index (χ3n) is 4.27. The average molecular weight is 368 g/mol. The Morgan fingerprint density at radius 1 is 1.31 bits per heavy atom. The molecular formula is C17H19F3N4O2. The van der Waals surface area contributed by atoms with Gasteiger partial charge in [0.25, 0.3) is 0 Å². The number of aromatic nitrogens is 3. The number of ether oxygens (including phenoxy) is 1. The Hall–Kier alpha value is -2.58. The molecule has 2 aromatic rings. The van der Waals surface area contributed by atoms with Gasteiger partial charge < -0.3 is 9.64 Å². The van der Waals surface area contributed by atoms with Gasteiger partial charge in [-0.15, -0.1) is 0 Å². The van der Waals surface area contributed by atoms with Crippen molar-refractivity contribution in [2.45, 2.75) is 38.5 Å². The number of benzene rings is 1. The van der Waals surface area contributed by atoms with Crippen LogP contribution in [0.5, 0.6) is 5.75 Å². The Bertz CT molecular complexity index is 804. The SMILES string of the molecule is COc1ccccc1CN1C[C@H](c2nc(C)nn2CC(F)(F)F)CC1=O. The Balaban J connectivity index is 1.78. The first-order chi connectivity index (χ1) is 12.3. The molecule has 6 nitrogen and oxygen atoms in total. The molecule has 0 bridgehead atoms. The second-order valence-electron chi connectivity index (χ2n) is 6.28. The number of nitrogens with zero attached hydrogens (tertiary/aromatic N) is 4. The number of amides is 1. The first-order valence-corrected chi connectivity index (χ1v) is 8.14. The number of carbonyl (C=O) groups is 1. The lowest BCUT2D eigenvalue weighted by molar-refractivity contribution is -0.143. The number of rotatable bonds is 5. The normalized spacial score (nSPS) is 17.8. The molecule has 26 heavy (non-hydrogen) atoms. The van der Waals surface area contributed by atoms with E-state index in [2.05, 4.69) is 10.1 Å². The largest absolute Gasteiger partial charge is 0.496 e. The number of alkyl halides is 3. The molecule has 0 aliphatic carbocycles. The smallest absolute Gasteiger partial charge is 0.408 e. The van der Waals surface area contributed by atoms with Gasteiger partial charge in [-0.2, -0.15) is 18.3 Å². The number of hydrogen-bond donors (Lipinski definition) is 0. The molecule has 0 unspecified atom stereocenters. The number of halogens is 3. The molecule has 1 aliphatic rings. The molecule has 0 spiro atoms. The molecule has 9 heteroatoms. The van der Waals surface area contributed by atoms with Crippen LogP contribution >= 0.6 is 0 Å². The second kappa shape index (κ2) is 6.97. The van der Waals surface area contributed by atoms with E-state index in [4.69, 9.17) is 4.74 Å². The number of hydrogen-bond acceptors (Lipinski definition) is 4. The Kier molecular flexibility index (Phi) is 4.88. The van der Waals surface area contributed by atoms with E-state index in [1.165, 1.54) is 0 Å². The maximum atomic E-state index is 12.8. The van der Waals surface area contributed by atoms with Gasteiger partial charge in [0.05, 0.1) is 7.11 Å². The number of likely N-dealkylation sites (tertiary alicyclic amines) is 1. The van der Waals surface area contributed by atoms with Crippen LogP contribution in [0.2, 0.25) is 0 Å². The van der Waals surface area contributed by atoms with Crippen molar-refractivity contribution in [3.63, 3.8) is 0 Å². The minimum absolute atomic E-state index is 0.116. The fourth-order valence-electron chi connectivity index (χ4n) is 3.20. The van der Waals surface area contributed by atoms with Gasteiger partial charge in [-0.25, -0.2) is 9.67 Å². The van der Waals surface area contributed by atoms with Gasteiger partial charge >= 0.3 is 6.18 Å². The predicted octanol–water partition coefficient (Wildman–Crippen LogP) is 2.67. The summed E-state index contributed by atoms with van der Waals surface area (Å²) >= 11 is 0. The summed E-state index contributed by atoms with van der Waals surface area (Å²) in [6.45, 7) is 0.971. The first kappa shape index (κ1) is 18.2. The zero-order valence-corrected chi connectivity index (χ0v) is 14.5. The van der Waals surface area contributed by atoms with Gasteiger partial charge in [-0.1, -0.05) is 18.2 Å². The van der Waals surface area contributed by atoms with Crippen LogP contribution < -0.4 is 4.74 Å². The van der Waals surface area contributed by atoms with Crippen LogP contribution in [-0.4, -0.2) is 45.4 Å². The van der Waals surface area contributed by atoms with Crippen LogP contribution in [0, 0.1) is 6.92 Å². The fourth-order valence-corrected chi connectivity index (χ4v) is 3.20. The highest BCUT2D eigenvalue weighted by Gasteiger charge is 2.37. The fraction of sp³-hybridized carbons (Fsp3) is 0.471. The van der Waals surface area contributed by atoms with Crippen molar-refractivity contribution in [3.05, 3.63) is 41.5 Å². The molecule has 1 amide bonds. The van der Waals surface area contributed by atoms with Gasteiger partial charge in [0, 0.05) is 31.0 Å². The lowest BCUT2D eigenvalue weighted by atomic mass is 10.1. The van der Waals surface area contributed by atoms with Crippen molar-refractivity contribution < 1.29 is 22.7 Å². The Morgan fingerprint density at radius 3 is 2.73 bits per heavy atom. The van der Waals surface area contributed by atoms with Crippen LogP contribution in [0.1, 0.15) is 29.6 Å². The molecule has 0 N–H and O–H groups in total. The van der Waals surface area contributed by atoms with Crippen LogP contribution in [0.3, 0.4) is 0 Å². The molecule has 140 valence electrons. The Labute approximate surface area is 148 Å². The molecule has 0 radical (unpaired) electrons. The van der Waals surface area contributed by atoms with Crippen LogP contribution in [0.25, 0.3) is 0 Å². The molecule has 1 aliphatic heterocycles. The average Bonchev–Trinajstić information content (AvgIpc) is 3.09. The summed E-state index contributed by atoms with van der Waals surface area (Å²) in [5, 5.41) is 3.84. The highest BCUT2D eigenvalue weighted by Crippen LogP contribution is 2.31. The van der Waals surface area contributed by atoms with E-state index >= 15 is 0 Å². The molecule has 0 saturated carbocycles. The van der Waals surface area contributed by atoms with Gasteiger partial charge in [-0.05, 0) is 13.0 Å². The highest BCUT2D eigenvalue weighted by molar-refractivity contribution is 5.79. The van der Waals surface area contributed by atoms with Crippen molar-refractivity contribution >= 4 is 5.91 Å². The predicted molar refractivity (Wildman–Crippen MR) is 86.6 cm³/mol. The monoisotopic (exact) mass is 368 g/mol. The van der Waals surface area contributed by atoms with Gasteiger partial charge in [0.15, 0.2) is 0 Å². The van der Waals surface area contributed by atoms with Crippen LogP contribution in [-0.2, 0) is 17.9 Å². The van der Waals surface area contributed by atoms with Crippen LogP contribution in [0.15, 0.2) is 24.3 Å². The van der Waals surface area contributed by atoms with E-state index in [0.717, 1.165) is 10.2 Å². The van der Waals surface area contributed by atoms with E-state index in [9.17, 15) is 18.0 Å². The summed E-state index contributed by atoms with van der Waals surface area (Å²) < 4.78 is 44.4. The van der Waals surface area contributed by atoms with Crippen molar-refractivity contribution in [1.29, 1.82) is 0 Å². The first-order valence-electron chi connectivity index (χ1n) is 8.14. The number of para-hydroxylation sites is 1. The molecule has 3 rings (SSSR count). The van der Waals surface area contributed by atoms with Crippen LogP contribution in [0.4, 0.5) is 13.2 Å². The van der Waals surface area contributed by atoms with E-state index in [1.807, 2.05) is 18.2 Å².